The van der Waals surface area contributed by atoms with Crippen LogP contribution in [0.15, 0.2) is 10.5 Å². The van der Waals surface area contributed by atoms with Gasteiger partial charge in [0.25, 0.3) is 0 Å². The molecule has 2 aliphatic carbocycles. The maximum atomic E-state index is 10.8. The Morgan fingerprint density at radius 3 is 2.50 bits per heavy atom. The van der Waals surface area contributed by atoms with Gasteiger partial charge in [0, 0.05) is 18.2 Å². The molecule has 0 aliphatic heterocycles. The van der Waals surface area contributed by atoms with E-state index in [1.807, 2.05) is 6.92 Å². The van der Waals surface area contributed by atoms with Crippen LogP contribution in [0.2, 0.25) is 0 Å². The fraction of sp³-hybridized carbons (Fsp3) is 0.643. The molecule has 3 rings (SSSR count). The van der Waals surface area contributed by atoms with Gasteiger partial charge in [0.05, 0.1) is 0 Å². The minimum absolute atomic E-state index is 0.0405. The zero-order valence-corrected chi connectivity index (χ0v) is 10.6. The first-order valence-corrected chi connectivity index (χ1v) is 6.71. The van der Waals surface area contributed by atoms with Crippen molar-refractivity contribution in [2.24, 2.45) is 11.8 Å². The first-order valence-electron chi connectivity index (χ1n) is 6.71. The Bertz CT molecular complexity index is 446. The Labute approximate surface area is 106 Å². The van der Waals surface area contributed by atoms with Crippen LogP contribution in [0.25, 0.3) is 0 Å². The molecule has 2 saturated carbocycles. The Morgan fingerprint density at radius 2 is 2.06 bits per heavy atom. The van der Waals surface area contributed by atoms with E-state index >= 15 is 0 Å². The van der Waals surface area contributed by atoms with Crippen LogP contribution >= 0.6 is 0 Å². The molecule has 2 fully saturated rings. The smallest absolute Gasteiger partial charge is 0.371 e. The van der Waals surface area contributed by atoms with Crippen LogP contribution in [0, 0.1) is 18.8 Å². The lowest BCUT2D eigenvalue weighted by molar-refractivity contribution is 0.0661. The topological polar surface area (TPSA) is 62.5 Å². The molecule has 0 saturated heterocycles. The highest BCUT2D eigenvalue weighted by Gasteiger charge is 2.41. The second-order valence-electron chi connectivity index (χ2n) is 5.58. The van der Waals surface area contributed by atoms with Gasteiger partial charge in [-0.25, -0.2) is 4.79 Å². The molecule has 0 amide bonds. The van der Waals surface area contributed by atoms with Crippen LogP contribution in [-0.2, 0) is 6.54 Å². The van der Waals surface area contributed by atoms with Crippen molar-refractivity contribution in [2.45, 2.75) is 45.2 Å². The Balaban J connectivity index is 1.63. The van der Waals surface area contributed by atoms with Crippen molar-refractivity contribution >= 4 is 5.97 Å². The Morgan fingerprint density at radius 1 is 1.44 bits per heavy atom. The number of furan rings is 1. The van der Waals surface area contributed by atoms with Gasteiger partial charge in [0.15, 0.2) is 0 Å². The number of carbonyl (C=O) groups is 1. The second-order valence-corrected chi connectivity index (χ2v) is 5.58. The molecular formula is C14H19NO3. The Hall–Kier alpha value is -1.29. The van der Waals surface area contributed by atoms with E-state index < -0.39 is 5.97 Å². The van der Waals surface area contributed by atoms with E-state index in [9.17, 15) is 4.79 Å². The Kier molecular flexibility index (Phi) is 2.90. The number of aryl methyl sites for hydroxylation is 1. The second kappa shape index (κ2) is 4.43. The molecule has 0 aromatic carbocycles. The summed E-state index contributed by atoms with van der Waals surface area (Å²) in [4.78, 5) is 10.8. The normalized spacial score (nSPS) is 19.4. The van der Waals surface area contributed by atoms with Crippen molar-refractivity contribution in [1.82, 2.24) is 5.32 Å². The van der Waals surface area contributed by atoms with Gasteiger partial charge in [-0.1, -0.05) is 0 Å². The molecule has 0 spiro atoms. The first-order chi connectivity index (χ1) is 8.65. The molecule has 18 heavy (non-hydrogen) atoms. The van der Waals surface area contributed by atoms with Gasteiger partial charge in [-0.2, -0.15) is 0 Å². The molecule has 2 aliphatic rings. The van der Waals surface area contributed by atoms with Gasteiger partial charge in [-0.05, 0) is 50.5 Å². The van der Waals surface area contributed by atoms with E-state index in [0.29, 0.717) is 11.8 Å². The summed E-state index contributed by atoms with van der Waals surface area (Å²) in [5.41, 5.74) is 0.971. The third kappa shape index (κ3) is 2.43. The van der Waals surface area contributed by atoms with E-state index in [1.165, 1.54) is 25.7 Å². The van der Waals surface area contributed by atoms with Gasteiger partial charge in [0.2, 0.25) is 5.76 Å². The highest BCUT2D eigenvalue weighted by Crippen LogP contribution is 2.44. The summed E-state index contributed by atoms with van der Waals surface area (Å²) in [6.07, 6.45) is 5.38. The highest BCUT2D eigenvalue weighted by atomic mass is 16.4. The summed E-state index contributed by atoms with van der Waals surface area (Å²) in [7, 11) is 0. The van der Waals surface area contributed by atoms with Crippen molar-refractivity contribution in [3.8, 4) is 0 Å². The van der Waals surface area contributed by atoms with Gasteiger partial charge in [0.1, 0.15) is 5.76 Å². The molecule has 0 unspecified atom stereocenters. The van der Waals surface area contributed by atoms with Crippen LogP contribution < -0.4 is 5.32 Å². The quantitative estimate of drug-likeness (QED) is 0.813. The lowest BCUT2D eigenvalue weighted by atomic mass is 10.1. The third-order valence-electron chi connectivity index (χ3n) is 4.02. The summed E-state index contributed by atoms with van der Waals surface area (Å²) in [6, 6.07) is 2.27. The van der Waals surface area contributed by atoms with E-state index in [4.69, 9.17) is 9.52 Å². The van der Waals surface area contributed by atoms with Crippen LogP contribution in [-0.4, -0.2) is 17.1 Å². The summed E-state index contributed by atoms with van der Waals surface area (Å²) < 4.78 is 5.22. The molecule has 0 atom stereocenters. The summed E-state index contributed by atoms with van der Waals surface area (Å²) in [6.45, 7) is 2.55. The maximum Gasteiger partial charge on any atom is 0.371 e. The zero-order valence-electron chi connectivity index (χ0n) is 10.6. The van der Waals surface area contributed by atoms with Crippen molar-refractivity contribution in [3.63, 3.8) is 0 Å². The van der Waals surface area contributed by atoms with Gasteiger partial charge >= 0.3 is 5.97 Å². The first kappa shape index (κ1) is 11.8. The fourth-order valence-corrected chi connectivity index (χ4v) is 2.66. The SMILES string of the molecule is Cc1oc(C(=O)O)cc1CNC(C1CC1)C1CC1. The zero-order chi connectivity index (χ0) is 12.7. The number of rotatable bonds is 6. The molecule has 0 bridgehead atoms. The van der Waals surface area contributed by atoms with Crippen LogP contribution in [0.1, 0.15) is 47.6 Å². The number of nitrogens with one attached hydrogen (secondary N) is 1. The maximum absolute atomic E-state index is 10.8. The van der Waals surface area contributed by atoms with E-state index in [2.05, 4.69) is 5.32 Å². The average molecular weight is 249 g/mol. The van der Waals surface area contributed by atoms with Crippen molar-refractivity contribution in [1.29, 1.82) is 0 Å². The standard InChI is InChI=1S/C14H19NO3/c1-8-11(6-12(18-8)14(16)17)7-15-13(9-2-3-9)10-4-5-10/h6,9-10,13,15H,2-5,7H2,1H3,(H,16,17). The monoisotopic (exact) mass is 249 g/mol. The van der Waals surface area contributed by atoms with Crippen molar-refractivity contribution < 1.29 is 14.3 Å². The summed E-state index contributed by atoms with van der Waals surface area (Å²) >= 11 is 0. The molecule has 4 heteroatoms. The molecule has 1 heterocycles. The number of carboxylic acid groups (broad SMARTS) is 1. The lowest BCUT2D eigenvalue weighted by Crippen LogP contribution is -2.32. The minimum atomic E-state index is -0.995. The van der Waals surface area contributed by atoms with Crippen LogP contribution in [0.3, 0.4) is 0 Å². The molecule has 1 aromatic heterocycles. The molecule has 4 nitrogen and oxygen atoms in total. The minimum Gasteiger partial charge on any atom is -0.475 e. The van der Waals surface area contributed by atoms with Crippen molar-refractivity contribution in [3.05, 3.63) is 23.2 Å². The molecule has 98 valence electrons. The van der Waals surface area contributed by atoms with Gasteiger partial charge in [-0.15, -0.1) is 0 Å². The molecule has 0 radical (unpaired) electrons. The molecular weight excluding hydrogens is 230 g/mol. The predicted molar refractivity (Wildman–Crippen MR) is 66.5 cm³/mol. The summed E-state index contributed by atoms with van der Waals surface area (Å²) in [5.74, 6) is 1.46. The van der Waals surface area contributed by atoms with Gasteiger partial charge in [-0.3, -0.25) is 0 Å². The number of hydrogen-bond acceptors (Lipinski definition) is 3. The van der Waals surface area contributed by atoms with E-state index in [0.717, 1.165) is 23.9 Å². The predicted octanol–water partition coefficient (Wildman–Crippen LogP) is 2.56. The number of carboxylic acids is 1. The molecule has 2 N–H and O–H groups in total. The number of hydrogen-bond donors (Lipinski definition) is 2. The van der Waals surface area contributed by atoms with E-state index in [-0.39, 0.29) is 5.76 Å². The summed E-state index contributed by atoms with van der Waals surface area (Å²) in [5, 5.41) is 12.5. The largest absolute Gasteiger partial charge is 0.475 e. The third-order valence-corrected chi connectivity index (χ3v) is 4.02. The number of aromatic carboxylic acids is 1. The van der Waals surface area contributed by atoms with Crippen LogP contribution in [0.4, 0.5) is 0 Å². The van der Waals surface area contributed by atoms with Gasteiger partial charge < -0.3 is 14.8 Å². The van der Waals surface area contributed by atoms with Crippen molar-refractivity contribution in [2.75, 3.05) is 0 Å². The van der Waals surface area contributed by atoms with Crippen LogP contribution in [0.5, 0.6) is 0 Å². The average Bonchev–Trinajstić information content (AvgIpc) is 3.21. The fourth-order valence-electron chi connectivity index (χ4n) is 2.66. The lowest BCUT2D eigenvalue weighted by Gasteiger charge is -2.17. The van der Waals surface area contributed by atoms with E-state index in [1.54, 1.807) is 6.07 Å². The highest BCUT2D eigenvalue weighted by molar-refractivity contribution is 5.84. The molecule has 1 aromatic rings.